The molecule has 1 aliphatic carbocycles. The van der Waals surface area contributed by atoms with Gasteiger partial charge in [-0.1, -0.05) is 6.92 Å². The highest BCUT2D eigenvalue weighted by molar-refractivity contribution is 5.80. The van der Waals surface area contributed by atoms with Crippen LogP contribution >= 0.6 is 0 Å². The second kappa shape index (κ2) is 7.61. The van der Waals surface area contributed by atoms with E-state index < -0.39 is 5.97 Å². The summed E-state index contributed by atoms with van der Waals surface area (Å²) in [5.74, 6) is -0.506. The summed E-state index contributed by atoms with van der Waals surface area (Å²) in [6.45, 7) is 6.20. The fourth-order valence-corrected chi connectivity index (χ4v) is 2.50. The highest BCUT2D eigenvalue weighted by Crippen LogP contribution is 2.29. The molecule has 0 spiro atoms. The number of carbonyl (C=O) groups excluding carboxylic acids is 1. The van der Waals surface area contributed by atoms with Crippen molar-refractivity contribution in [1.29, 1.82) is 0 Å². The summed E-state index contributed by atoms with van der Waals surface area (Å²) in [4.78, 5) is 26.6. The van der Waals surface area contributed by atoms with Crippen molar-refractivity contribution in [2.75, 3.05) is 45.9 Å². The van der Waals surface area contributed by atoms with Gasteiger partial charge in [0.1, 0.15) is 6.54 Å². The summed E-state index contributed by atoms with van der Waals surface area (Å²) in [7, 11) is 0. The van der Waals surface area contributed by atoms with Gasteiger partial charge in [0.2, 0.25) is 0 Å². The van der Waals surface area contributed by atoms with E-state index >= 15 is 0 Å². The predicted octanol–water partition coefficient (Wildman–Crippen LogP) is 0.213. The average Bonchev–Trinajstić information content (AvgIpc) is 3.28. The van der Waals surface area contributed by atoms with Crippen LogP contribution in [0.4, 0.5) is 4.79 Å². The van der Waals surface area contributed by atoms with Gasteiger partial charge in [-0.05, 0) is 25.3 Å². The molecule has 2 N–H and O–H groups in total. The van der Waals surface area contributed by atoms with E-state index in [0.29, 0.717) is 25.6 Å². The van der Waals surface area contributed by atoms with E-state index in [1.54, 1.807) is 0 Å². The van der Waals surface area contributed by atoms with Gasteiger partial charge in [-0.3, -0.25) is 9.69 Å². The third-order valence-corrected chi connectivity index (χ3v) is 3.94. The predicted molar refractivity (Wildman–Crippen MR) is 77.2 cm³/mol. The Morgan fingerprint density at radius 3 is 2.81 bits per heavy atom. The topological polar surface area (TPSA) is 82.1 Å². The van der Waals surface area contributed by atoms with Crippen molar-refractivity contribution < 1.29 is 19.4 Å². The molecule has 0 aromatic carbocycles. The fourth-order valence-electron chi connectivity index (χ4n) is 2.50. The van der Waals surface area contributed by atoms with E-state index in [0.717, 1.165) is 32.5 Å². The molecule has 1 atom stereocenters. The number of hydrogen-bond donors (Lipinski definition) is 2. The minimum Gasteiger partial charge on any atom is -0.480 e. The molecule has 1 saturated heterocycles. The van der Waals surface area contributed by atoms with Gasteiger partial charge in [0, 0.05) is 26.2 Å². The van der Waals surface area contributed by atoms with Crippen molar-refractivity contribution in [2.45, 2.75) is 25.9 Å². The maximum absolute atomic E-state index is 12.1. The summed E-state index contributed by atoms with van der Waals surface area (Å²) in [6, 6.07) is -0.304. The molecule has 1 aliphatic heterocycles. The van der Waals surface area contributed by atoms with Crippen LogP contribution in [0.15, 0.2) is 0 Å². The van der Waals surface area contributed by atoms with Crippen LogP contribution in [0.2, 0.25) is 0 Å². The van der Waals surface area contributed by atoms with Crippen LogP contribution in [0, 0.1) is 5.92 Å². The fraction of sp³-hybridized carbons (Fsp3) is 0.857. The number of hydrogen-bond acceptors (Lipinski definition) is 4. The van der Waals surface area contributed by atoms with Crippen LogP contribution in [0.3, 0.4) is 0 Å². The van der Waals surface area contributed by atoms with E-state index in [9.17, 15) is 9.59 Å². The molecule has 2 rings (SSSR count). The summed E-state index contributed by atoms with van der Waals surface area (Å²) < 4.78 is 5.62. The molecule has 21 heavy (non-hydrogen) atoms. The first-order valence-corrected chi connectivity index (χ1v) is 7.67. The van der Waals surface area contributed by atoms with Crippen LogP contribution in [-0.2, 0) is 9.53 Å². The molecule has 0 aromatic heterocycles. The van der Waals surface area contributed by atoms with Crippen LogP contribution in [0.1, 0.15) is 19.8 Å². The summed E-state index contributed by atoms with van der Waals surface area (Å²) >= 11 is 0. The number of nitrogens with zero attached hydrogens (tertiary/aromatic N) is 2. The number of ether oxygens (including phenoxy) is 1. The van der Waals surface area contributed by atoms with Gasteiger partial charge in [0.25, 0.3) is 0 Å². The average molecular weight is 299 g/mol. The Morgan fingerprint density at radius 1 is 1.43 bits per heavy atom. The standard InChI is InChI=1S/C14H25N3O4/c1-2-16-5-6-21-12(9-16)7-15-14(20)17(10-13(18)19)8-11-3-4-11/h11-12H,2-10H2,1H3,(H,15,20)(H,18,19). The molecule has 7 heteroatoms. The lowest BCUT2D eigenvalue weighted by molar-refractivity contribution is -0.137. The highest BCUT2D eigenvalue weighted by atomic mass is 16.5. The van der Waals surface area contributed by atoms with Gasteiger partial charge in [-0.15, -0.1) is 0 Å². The van der Waals surface area contributed by atoms with Crippen molar-refractivity contribution in [1.82, 2.24) is 15.1 Å². The third-order valence-electron chi connectivity index (χ3n) is 3.94. The molecule has 1 heterocycles. The number of carboxylic acids is 1. The zero-order chi connectivity index (χ0) is 15.2. The van der Waals surface area contributed by atoms with Gasteiger partial charge in [0.15, 0.2) is 0 Å². The zero-order valence-electron chi connectivity index (χ0n) is 12.6. The molecule has 0 bridgehead atoms. The molecule has 2 aliphatic rings. The molecular weight excluding hydrogens is 274 g/mol. The van der Waals surface area contributed by atoms with Crippen molar-refractivity contribution in [3.63, 3.8) is 0 Å². The van der Waals surface area contributed by atoms with Crippen LogP contribution in [0.25, 0.3) is 0 Å². The van der Waals surface area contributed by atoms with Crippen LogP contribution < -0.4 is 5.32 Å². The maximum atomic E-state index is 12.1. The molecule has 0 radical (unpaired) electrons. The second-order valence-corrected chi connectivity index (χ2v) is 5.79. The molecule has 1 saturated carbocycles. The Bertz CT molecular complexity index is 373. The summed E-state index contributed by atoms with van der Waals surface area (Å²) in [6.07, 6.45) is 2.15. The Labute approximate surface area is 125 Å². The summed E-state index contributed by atoms with van der Waals surface area (Å²) in [5, 5.41) is 11.7. The lowest BCUT2D eigenvalue weighted by atomic mass is 10.2. The molecule has 2 amide bonds. The van der Waals surface area contributed by atoms with Gasteiger partial charge < -0.3 is 20.1 Å². The third kappa shape index (κ3) is 5.51. The molecule has 2 fully saturated rings. The minimum absolute atomic E-state index is 0.0183. The number of carboxylic acid groups (broad SMARTS) is 1. The number of amides is 2. The smallest absolute Gasteiger partial charge is 0.323 e. The lowest BCUT2D eigenvalue weighted by Gasteiger charge is -2.32. The van der Waals surface area contributed by atoms with Crippen LogP contribution in [-0.4, -0.2) is 78.9 Å². The Morgan fingerprint density at radius 2 is 2.19 bits per heavy atom. The molecule has 120 valence electrons. The van der Waals surface area contributed by atoms with Gasteiger partial charge in [-0.2, -0.15) is 0 Å². The van der Waals surface area contributed by atoms with Crippen molar-refractivity contribution in [3.8, 4) is 0 Å². The number of nitrogens with one attached hydrogen (secondary N) is 1. The molecule has 0 aromatic rings. The first-order chi connectivity index (χ1) is 10.1. The first-order valence-electron chi connectivity index (χ1n) is 7.67. The normalized spacial score (nSPS) is 22.8. The van der Waals surface area contributed by atoms with E-state index in [1.807, 2.05) is 0 Å². The number of urea groups is 1. The van der Waals surface area contributed by atoms with Gasteiger partial charge in [0.05, 0.1) is 12.7 Å². The highest BCUT2D eigenvalue weighted by Gasteiger charge is 2.28. The number of morpholine rings is 1. The Hall–Kier alpha value is -1.34. The van der Waals surface area contributed by atoms with Gasteiger partial charge >= 0.3 is 12.0 Å². The van der Waals surface area contributed by atoms with E-state index in [2.05, 4.69) is 17.1 Å². The van der Waals surface area contributed by atoms with Crippen molar-refractivity contribution in [2.24, 2.45) is 5.92 Å². The number of aliphatic carboxylic acids is 1. The van der Waals surface area contributed by atoms with E-state index in [1.165, 1.54) is 4.90 Å². The summed E-state index contributed by atoms with van der Waals surface area (Å²) in [5.41, 5.74) is 0. The number of carbonyl (C=O) groups is 2. The van der Waals surface area contributed by atoms with E-state index in [4.69, 9.17) is 9.84 Å². The second-order valence-electron chi connectivity index (χ2n) is 5.79. The van der Waals surface area contributed by atoms with Crippen molar-refractivity contribution in [3.05, 3.63) is 0 Å². The van der Waals surface area contributed by atoms with E-state index in [-0.39, 0.29) is 18.7 Å². The monoisotopic (exact) mass is 299 g/mol. The largest absolute Gasteiger partial charge is 0.480 e. The SMILES string of the molecule is CCN1CCOC(CNC(=O)N(CC(=O)O)CC2CC2)C1. The molecule has 7 nitrogen and oxygen atoms in total. The van der Waals surface area contributed by atoms with Crippen LogP contribution in [0.5, 0.6) is 0 Å². The Balaban J connectivity index is 1.76. The zero-order valence-corrected chi connectivity index (χ0v) is 12.6. The van der Waals surface area contributed by atoms with Crippen molar-refractivity contribution >= 4 is 12.0 Å². The lowest BCUT2D eigenvalue weighted by Crippen LogP contribution is -2.50. The minimum atomic E-state index is -0.975. The number of likely N-dealkylation sites (N-methyl/N-ethyl adjacent to an activating group) is 1. The number of rotatable bonds is 7. The quantitative estimate of drug-likeness (QED) is 0.702. The molecular formula is C14H25N3O4. The Kier molecular flexibility index (Phi) is 5.81. The van der Waals surface area contributed by atoms with Gasteiger partial charge in [-0.25, -0.2) is 4.79 Å². The molecule has 1 unspecified atom stereocenters. The maximum Gasteiger partial charge on any atom is 0.323 e. The first kappa shape index (κ1) is 16.0.